The topological polar surface area (TPSA) is 76.9 Å². The Labute approximate surface area is 191 Å². The van der Waals surface area contributed by atoms with Crippen LogP contribution in [0.15, 0.2) is 46.9 Å². The van der Waals surface area contributed by atoms with E-state index in [2.05, 4.69) is 5.32 Å². The van der Waals surface area contributed by atoms with Crippen LogP contribution in [0.2, 0.25) is 0 Å². The lowest BCUT2D eigenvalue weighted by molar-refractivity contribution is -0.413. The molecule has 2 atom stereocenters. The van der Waals surface area contributed by atoms with E-state index in [1.807, 2.05) is 36.4 Å². The van der Waals surface area contributed by atoms with Crippen LogP contribution in [-0.2, 0) is 14.3 Å². The predicted octanol–water partition coefficient (Wildman–Crippen LogP) is 2.56. The second kappa shape index (κ2) is 9.75. The highest BCUT2D eigenvalue weighted by Crippen LogP contribution is 2.35. The van der Waals surface area contributed by atoms with Crippen molar-refractivity contribution in [2.75, 3.05) is 34.4 Å². The molecule has 8 heteroatoms. The lowest BCUT2D eigenvalue weighted by Crippen LogP contribution is -2.38. The van der Waals surface area contributed by atoms with Crippen LogP contribution in [0, 0.1) is 0 Å². The van der Waals surface area contributed by atoms with Gasteiger partial charge in [0.25, 0.3) is 5.91 Å². The Bertz CT molecular complexity index is 1050. The smallest absolute Gasteiger partial charge is 0.425 e. The third-order valence-electron chi connectivity index (χ3n) is 5.68. The van der Waals surface area contributed by atoms with Crippen LogP contribution >= 0.6 is 11.8 Å². The number of methoxy groups -OCH3 is 2. The fraction of sp³-hybridized carbons (Fsp3) is 0.375. The lowest BCUT2D eigenvalue weighted by atomic mass is 10.0. The SMILES string of the molecule is COc1ccc(/C=C2\SC3C=CC(C(=O)NCC4CCCO4)=CC3=[N+](C)C2=O)cc1OC. The molecule has 7 nitrogen and oxygen atoms in total. The van der Waals surface area contributed by atoms with Crippen LogP contribution in [0.1, 0.15) is 18.4 Å². The Kier molecular flexibility index (Phi) is 6.81. The fourth-order valence-corrected chi connectivity index (χ4v) is 5.10. The van der Waals surface area contributed by atoms with E-state index in [0.717, 1.165) is 30.7 Å². The van der Waals surface area contributed by atoms with Gasteiger partial charge in [0.05, 0.1) is 20.3 Å². The van der Waals surface area contributed by atoms with Crippen LogP contribution in [0.4, 0.5) is 0 Å². The summed E-state index contributed by atoms with van der Waals surface area (Å²) in [7, 11) is 4.91. The molecule has 0 bridgehead atoms. The second-order valence-electron chi connectivity index (χ2n) is 7.75. The standard InChI is InChI=1S/C24H26N2O5S/c1-26-18-13-16(23(27)25-14-17-5-4-10-31-17)7-9-21(18)32-22(24(26)28)12-15-6-8-19(29-2)20(11-15)30-3/h6-9,11-13,17,21H,4-5,10,14H2,1-3H3/p+1/b22-12-. The zero-order chi connectivity index (χ0) is 22.7. The summed E-state index contributed by atoms with van der Waals surface area (Å²) in [6.07, 6.45) is 9.53. The van der Waals surface area contributed by atoms with Crippen molar-refractivity contribution in [2.45, 2.75) is 24.2 Å². The van der Waals surface area contributed by atoms with Gasteiger partial charge in [0.1, 0.15) is 17.2 Å². The molecule has 1 N–H and O–H groups in total. The number of nitrogens with zero attached hydrogens (tertiary/aromatic N) is 1. The van der Waals surface area contributed by atoms with Crippen LogP contribution in [0.25, 0.3) is 6.08 Å². The molecule has 2 amide bonds. The number of likely N-dealkylation sites (N-methyl/N-ethyl adjacent to an activating group) is 1. The van der Waals surface area contributed by atoms with E-state index in [0.29, 0.717) is 28.5 Å². The molecule has 2 aliphatic heterocycles. The maximum absolute atomic E-state index is 13.0. The Morgan fingerprint density at radius 3 is 2.84 bits per heavy atom. The summed E-state index contributed by atoms with van der Waals surface area (Å²) in [4.78, 5) is 26.2. The first kappa shape index (κ1) is 22.4. The van der Waals surface area contributed by atoms with E-state index in [1.165, 1.54) is 11.8 Å². The van der Waals surface area contributed by atoms with Crippen molar-refractivity contribution in [3.05, 3.63) is 52.5 Å². The molecule has 3 aliphatic rings. The number of carbonyl (C=O) groups is 2. The molecule has 2 heterocycles. The normalized spacial score (nSPS) is 23.8. The summed E-state index contributed by atoms with van der Waals surface area (Å²) in [6, 6.07) is 5.54. The monoisotopic (exact) mass is 455 g/mol. The minimum absolute atomic E-state index is 0.0428. The van der Waals surface area contributed by atoms with Crippen molar-refractivity contribution in [2.24, 2.45) is 0 Å². The number of nitrogens with one attached hydrogen (secondary N) is 1. The second-order valence-corrected chi connectivity index (χ2v) is 8.94. The number of thioether (sulfide) groups is 1. The predicted molar refractivity (Wildman–Crippen MR) is 124 cm³/mol. The van der Waals surface area contributed by atoms with E-state index >= 15 is 0 Å². The largest absolute Gasteiger partial charge is 0.493 e. The molecule has 0 radical (unpaired) electrons. The van der Waals surface area contributed by atoms with E-state index in [1.54, 1.807) is 31.9 Å². The van der Waals surface area contributed by atoms with Crippen molar-refractivity contribution < 1.29 is 28.4 Å². The van der Waals surface area contributed by atoms with Crippen molar-refractivity contribution in [3.8, 4) is 11.5 Å². The molecule has 1 aliphatic carbocycles. The quantitative estimate of drug-likeness (QED) is 0.525. The molecule has 1 fully saturated rings. The zero-order valence-electron chi connectivity index (χ0n) is 18.4. The van der Waals surface area contributed by atoms with Gasteiger partial charge in [-0.05, 0) is 36.6 Å². The molecule has 1 aromatic carbocycles. The molecular weight excluding hydrogens is 428 g/mol. The molecule has 1 saturated heterocycles. The Hall–Kier alpha value is -2.84. The number of hydrogen-bond acceptors (Lipinski definition) is 6. The first-order valence-corrected chi connectivity index (χ1v) is 11.4. The van der Waals surface area contributed by atoms with Gasteiger partial charge in [-0.15, -0.1) is 0 Å². The molecular formula is C24H27N2O5S+. The Balaban J connectivity index is 1.52. The maximum atomic E-state index is 13.0. The van der Waals surface area contributed by atoms with Gasteiger partial charge in [-0.1, -0.05) is 30.0 Å². The minimum Gasteiger partial charge on any atom is -0.493 e. The molecule has 168 valence electrons. The number of fused-ring (bicyclic) bond motifs is 1. The highest BCUT2D eigenvalue weighted by atomic mass is 32.2. The number of hydrogen-bond donors (Lipinski definition) is 1. The minimum atomic E-state index is -0.153. The molecule has 0 saturated carbocycles. The fourth-order valence-electron chi connectivity index (χ4n) is 3.88. The summed E-state index contributed by atoms with van der Waals surface area (Å²) in [6.45, 7) is 1.26. The molecule has 0 aromatic heterocycles. The van der Waals surface area contributed by atoms with E-state index < -0.39 is 0 Å². The van der Waals surface area contributed by atoms with Crippen molar-refractivity contribution in [1.82, 2.24) is 5.32 Å². The number of ether oxygens (including phenoxy) is 3. The molecule has 4 rings (SSSR count). The van der Waals surface area contributed by atoms with Gasteiger partial charge in [0.15, 0.2) is 11.5 Å². The number of carbonyl (C=O) groups excluding carboxylic acids is 2. The van der Waals surface area contributed by atoms with Gasteiger partial charge in [0.2, 0.25) is 5.71 Å². The summed E-state index contributed by atoms with van der Waals surface area (Å²) in [5.41, 5.74) is 2.19. The Morgan fingerprint density at radius 2 is 2.12 bits per heavy atom. The van der Waals surface area contributed by atoms with Crippen LogP contribution in [0.3, 0.4) is 0 Å². The number of amides is 2. The van der Waals surface area contributed by atoms with Gasteiger partial charge >= 0.3 is 5.91 Å². The highest BCUT2D eigenvalue weighted by molar-refractivity contribution is 8.05. The van der Waals surface area contributed by atoms with Gasteiger partial charge < -0.3 is 19.5 Å². The van der Waals surface area contributed by atoms with Gasteiger partial charge in [-0.2, -0.15) is 4.58 Å². The van der Waals surface area contributed by atoms with Crippen molar-refractivity contribution >= 4 is 35.4 Å². The van der Waals surface area contributed by atoms with Crippen LogP contribution in [-0.4, -0.2) is 67.9 Å². The third-order valence-corrected chi connectivity index (χ3v) is 6.88. The van der Waals surface area contributed by atoms with Crippen LogP contribution < -0.4 is 14.8 Å². The average molecular weight is 456 g/mol. The van der Waals surface area contributed by atoms with E-state index in [-0.39, 0.29) is 23.2 Å². The van der Waals surface area contributed by atoms with Crippen molar-refractivity contribution in [3.63, 3.8) is 0 Å². The third kappa shape index (κ3) is 4.66. The van der Waals surface area contributed by atoms with Crippen LogP contribution in [0.5, 0.6) is 11.5 Å². The summed E-state index contributed by atoms with van der Waals surface area (Å²) >= 11 is 1.47. The Morgan fingerprint density at radius 1 is 1.31 bits per heavy atom. The summed E-state index contributed by atoms with van der Waals surface area (Å²) in [5.74, 6) is 0.979. The first-order chi connectivity index (χ1) is 15.5. The van der Waals surface area contributed by atoms with Gasteiger partial charge in [-0.25, -0.2) is 4.79 Å². The van der Waals surface area contributed by atoms with Crippen molar-refractivity contribution in [1.29, 1.82) is 0 Å². The lowest BCUT2D eigenvalue weighted by Gasteiger charge is -2.21. The molecule has 2 unspecified atom stereocenters. The molecule has 32 heavy (non-hydrogen) atoms. The van der Waals surface area contributed by atoms with Gasteiger partial charge in [-0.3, -0.25) is 4.79 Å². The van der Waals surface area contributed by atoms with Gasteiger partial charge in [0, 0.05) is 24.8 Å². The molecule has 1 aromatic rings. The number of rotatable bonds is 6. The van der Waals surface area contributed by atoms with E-state index in [9.17, 15) is 9.59 Å². The number of allylic oxidation sites excluding steroid dienone is 1. The maximum Gasteiger partial charge on any atom is 0.425 e. The zero-order valence-corrected chi connectivity index (χ0v) is 19.2. The molecule has 0 spiro atoms. The number of benzene rings is 1. The summed E-state index contributed by atoms with van der Waals surface area (Å²) < 4.78 is 17.8. The highest BCUT2D eigenvalue weighted by Gasteiger charge is 2.38. The average Bonchev–Trinajstić information content (AvgIpc) is 3.34. The van der Waals surface area contributed by atoms with E-state index in [4.69, 9.17) is 14.2 Å². The first-order valence-electron chi connectivity index (χ1n) is 10.5. The summed E-state index contributed by atoms with van der Waals surface area (Å²) in [5, 5.41) is 2.89.